The fourth-order valence-electron chi connectivity index (χ4n) is 4.14. The standard InChI is InChI=1S/C21H33N3O2/c1-4-26-20-7-5-19(6-8-20)21(25)23-11-9-18(10-12-23)16-24-14-13-22(3)15-17(24)2/h5-8,17-18H,4,9-16H2,1-3H3. The van der Waals surface area contributed by atoms with Gasteiger partial charge in [-0.25, -0.2) is 0 Å². The highest BCUT2D eigenvalue weighted by Gasteiger charge is 2.28. The Bertz CT molecular complexity index is 581. The highest BCUT2D eigenvalue weighted by Crippen LogP contribution is 2.22. The van der Waals surface area contributed by atoms with Gasteiger partial charge in [0.1, 0.15) is 5.75 Å². The molecule has 0 N–H and O–H groups in total. The maximum absolute atomic E-state index is 12.7. The summed E-state index contributed by atoms with van der Waals surface area (Å²) < 4.78 is 5.46. The van der Waals surface area contributed by atoms with E-state index in [-0.39, 0.29) is 5.91 Å². The van der Waals surface area contributed by atoms with Crippen LogP contribution in [0.3, 0.4) is 0 Å². The molecule has 0 radical (unpaired) electrons. The van der Waals surface area contributed by atoms with Crippen molar-refractivity contribution in [1.82, 2.24) is 14.7 Å². The van der Waals surface area contributed by atoms with Gasteiger partial charge in [0.15, 0.2) is 0 Å². The monoisotopic (exact) mass is 359 g/mol. The van der Waals surface area contributed by atoms with Crippen LogP contribution < -0.4 is 4.74 Å². The molecular formula is C21H33N3O2. The predicted molar refractivity (Wildman–Crippen MR) is 105 cm³/mol. The zero-order valence-electron chi connectivity index (χ0n) is 16.5. The van der Waals surface area contributed by atoms with Gasteiger partial charge in [0, 0.05) is 50.9 Å². The van der Waals surface area contributed by atoms with Crippen molar-refractivity contribution in [1.29, 1.82) is 0 Å². The molecule has 2 aliphatic rings. The second kappa shape index (κ2) is 8.87. The van der Waals surface area contributed by atoms with Crippen LogP contribution in [0.4, 0.5) is 0 Å². The van der Waals surface area contributed by atoms with E-state index in [1.165, 1.54) is 19.6 Å². The minimum absolute atomic E-state index is 0.152. The molecule has 3 rings (SSSR count). The van der Waals surface area contributed by atoms with Crippen LogP contribution in [-0.4, -0.2) is 79.6 Å². The summed E-state index contributed by atoms with van der Waals surface area (Å²) in [7, 11) is 2.21. The first-order valence-electron chi connectivity index (χ1n) is 10.0. The van der Waals surface area contributed by atoms with Crippen molar-refractivity contribution in [3.63, 3.8) is 0 Å². The molecule has 26 heavy (non-hydrogen) atoms. The summed E-state index contributed by atoms with van der Waals surface area (Å²) >= 11 is 0. The SMILES string of the molecule is CCOc1ccc(C(=O)N2CCC(CN3CCN(C)CC3C)CC2)cc1. The van der Waals surface area contributed by atoms with Crippen molar-refractivity contribution in [2.75, 3.05) is 52.9 Å². The van der Waals surface area contributed by atoms with Gasteiger partial charge in [-0.2, -0.15) is 0 Å². The van der Waals surface area contributed by atoms with Crippen LogP contribution in [0.5, 0.6) is 5.75 Å². The lowest BCUT2D eigenvalue weighted by Gasteiger charge is -2.41. The first-order valence-corrected chi connectivity index (χ1v) is 10.0. The van der Waals surface area contributed by atoms with Gasteiger partial charge in [0.25, 0.3) is 5.91 Å². The van der Waals surface area contributed by atoms with E-state index in [1.807, 2.05) is 36.1 Å². The van der Waals surface area contributed by atoms with Gasteiger partial charge in [-0.05, 0) is 63.9 Å². The largest absolute Gasteiger partial charge is 0.494 e. The van der Waals surface area contributed by atoms with E-state index >= 15 is 0 Å². The Morgan fingerprint density at radius 1 is 1.12 bits per heavy atom. The zero-order chi connectivity index (χ0) is 18.5. The minimum Gasteiger partial charge on any atom is -0.494 e. The maximum atomic E-state index is 12.7. The van der Waals surface area contributed by atoms with Crippen molar-refractivity contribution >= 4 is 5.91 Å². The fraction of sp³-hybridized carbons (Fsp3) is 0.667. The van der Waals surface area contributed by atoms with E-state index in [1.54, 1.807) is 0 Å². The molecule has 1 aromatic rings. The summed E-state index contributed by atoms with van der Waals surface area (Å²) in [6, 6.07) is 8.17. The molecule has 1 atom stereocenters. The van der Waals surface area contributed by atoms with Gasteiger partial charge in [0.05, 0.1) is 6.61 Å². The summed E-state index contributed by atoms with van der Waals surface area (Å²) in [5, 5.41) is 0. The van der Waals surface area contributed by atoms with E-state index in [0.29, 0.717) is 18.6 Å². The van der Waals surface area contributed by atoms with Gasteiger partial charge in [-0.3, -0.25) is 9.69 Å². The molecule has 2 saturated heterocycles. The van der Waals surface area contributed by atoms with Gasteiger partial charge in [0.2, 0.25) is 0 Å². The summed E-state index contributed by atoms with van der Waals surface area (Å²) in [5.74, 6) is 1.69. The number of piperidine rings is 1. The molecule has 0 aromatic heterocycles. The molecule has 2 fully saturated rings. The average Bonchev–Trinajstić information content (AvgIpc) is 2.65. The number of likely N-dealkylation sites (N-methyl/N-ethyl adjacent to an activating group) is 1. The number of likely N-dealkylation sites (tertiary alicyclic amines) is 1. The van der Waals surface area contributed by atoms with Crippen LogP contribution >= 0.6 is 0 Å². The van der Waals surface area contributed by atoms with Crippen LogP contribution in [-0.2, 0) is 0 Å². The Kier molecular flexibility index (Phi) is 6.54. The lowest BCUT2D eigenvalue weighted by molar-refractivity contribution is 0.0556. The molecule has 1 amide bonds. The molecule has 0 bridgehead atoms. The third kappa shape index (κ3) is 4.77. The minimum atomic E-state index is 0.152. The molecule has 2 heterocycles. The molecule has 144 valence electrons. The highest BCUT2D eigenvalue weighted by atomic mass is 16.5. The Morgan fingerprint density at radius 3 is 2.42 bits per heavy atom. The number of amides is 1. The van der Waals surface area contributed by atoms with Crippen molar-refractivity contribution in [2.24, 2.45) is 5.92 Å². The fourth-order valence-corrected chi connectivity index (χ4v) is 4.14. The Labute approximate surface area is 157 Å². The lowest BCUT2D eigenvalue weighted by atomic mass is 9.94. The van der Waals surface area contributed by atoms with Crippen molar-refractivity contribution in [3.05, 3.63) is 29.8 Å². The smallest absolute Gasteiger partial charge is 0.253 e. The molecular weight excluding hydrogens is 326 g/mol. The quantitative estimate of drug-likeness (QED) is 0.810. The number of hydrogen-bond donors (Lipinski definition) is 0. The maximum Gasteiger partial charge on any atom is 0.253 e. The number of rotatable bonds is 5. The first kappa shape index (κ1) is 19.2. The first-order chi connectivity index (χ1) is 12.6. The summed E-state index contributed by atoms with van der Waals surface area (Å²) in [6.07, 6.45) is 2.23. The molecule has 1 aromatic carbocycles. The third-order valence-electron chi connectivity index (χ3n) is 5.77. The van der Waals surface area contributed by atoms with Crippen molar-refractivity contribution in [3.8, 4) is 5.75 Å². The molecule has 1 unspecified atom stereocenters. The van der Waals surface area contributed by atoms with Crippen LogP contribution in [0.25, 0.3) is 0 Å². The van der Waals surface area contributed by atoms with Gasteiger partial charge in [-0.15, -0.1) is 0 Å². The highest BCUT2D eigenvalue weighted by molar-refractivity contribution is 5.94. The lowest BCUT2D eigenvalue weighted by Crippen LogP contribution is -2.52. The number of nitrogens with zero attached hydrogens (tertiary/aromatic N) is 3. The van der Waals surface area contributed by atoms with Gasteiger partial charge < -0.3 is 14.5 Å². The van der Waals surface area contributed by atoms with Gasteiger partial charge in [-0.1, -0.05) is 0 Å². The van der Waals surface area contributed by atoms with Crippen LogP contribution in [0.15, 0.2) is 24.3 Å². The van der Waals surface area contributed by atoms with Crippen molar-refractivity contribution < 1.29 is 9.53 Å². The molecule has 2 aliphatic heterocycles. The molecule has 0 saturated carbocycles. The summed E-state index contributed by atoms with van der Waals surface area (Å²) in [4.78, 5) is 19.8. The number of carbonyl (C=O) groups is 1. The summed E-state index contributed by atoms with van der Waals surface area (Å²) in [5.41, 5.74) is 0.764. The number of piperazine rings is 1. The predicted octanol–water partition coefficient (Wildman–Crippen LogP) is 2.57. The zero-order valence-corrected chi connectivity index (χ0v) is 16.5. The second-order valence-electron chi connectivity index (χ2n) is 7.80. The Hall–Kier alpha value is -1.59. The number of carbonyl (C=O) groups excluding carboxylic acids is 1. The topological polar surface area (TPSA) is 36.0 Å². The van der Waals surface area contributed by atoms with Gasteiger partial charge >= 0.3 is 0 Å². The Morgan fingerprint density at radius 2 is 1.81 bits per heavy atom. The number of benzene rings is 1. The van der Waals surface area contributed by atoms with Crippen LogP contribution in [0.2, 0.25) is 0 Å². The summed E-state index contributed by atoms with van der Waals surface area (Å²) in [6.45, 7) is 11.4. The van der Waals surface area contributed by atoms with Crippen molar-refractivity contribution in [2.45, 2.75) is 32.7 Å². The molecule has 0 aliphatic carbocycles. The van der Waals surface area contributed by atoms with E-state index < -0.39 is 0 Å². The van der Waals surface area contributed by atoms with E-state index in [4.69, 9.17) is 4.74 Å². The second-order valence-corrected chi connectivity index (χ2v) is 7.80. The number of hydrogen-bond acceptors (Lipinski definition) is 4. The number of ether oxygens (including phenoxy) is 1. The Balaban J connectivity index is 1.47. The van der Waals surface area contributed by atoms with E-state index in [2.05, 4.69) is 23.8 Å². The van der Waals surface area contributed by atoms with E-state index in [9.17, 15) is 4.79 Å². The van der Waals surface area contributed by atoms with Crippen LogP contribution in [0.1, 0.15) is 37.0 Å². The third-order valence-corrected chi connectivity index (χ3v) is 5.77. The van der Waals surface area contributed by atoms with Crippen LogP contribution in [0, 0.1) is 5.92 Å². The van der Waals surface area contributed by atoms with E-state index in [0.717, 1.165) is 43.8 Å². The molecule has 0 spiro atoms. The molecule has 5 nitrogen and oxygen atoms in total. The average molecular weight is 360 g/mol. The molecule has 5 heteroatoms. The normalized spacial score (nSPS) is 23.2.